The van der Waals surface area contributed by atoms with Crippen LogP contribution in [0.1, 0.15) is 41.7 Å². The lowest BCUT2D eigenvalue weighted by Gasteiger charge is -2.19. The summed E-state index contributed by atoms with van der Waals surface area (Å²) in [6.45, 7) is 2.91. The van der Waals surface area contributed by atoms with Crippen molar-refractivity contribution in [3.63, 3.8) is 0 Å². The Balaban J connectivity index is 2.19. The lowest BCUT2D eigenvalue weighted by molar-refractivity contribution is -0.384. The molecular weight excluding hydrogens is 346 g/mol. The zero-order chi connectivity index (χ0) is 19.6. The molecule has 0 heterocycles. The zero-order valence-electron chi connectivity index (χ0n) is 15.6. The van der Waals surface area contributed by atoms with Crippen molar-refractivity contribution in [3.8, 4) is 0 Å². The number of rotatable bonds is 10. The number of carbonyl (C=O) groups is 1. The second kappa shape index (κ2) is 10.3. The molecule has 2 N–H and O–H groups in total. The molecule has 0 aromatic heterocycles. The predicted molar refractivity (Wildman–Crippen MR) is 105 cm³/mol. The summed E-state index contributed by atoms with van der Waals surface area (Å²) in [5.74, 6) is -0.330. The first kappa shape index (κ1) is 20.4. The number of nitrogens with one attached hydrogen (secondary N) is 2. The van der Waals surface area contributed by atoms with E-state index in [1.54, 1.807) is 19.2 Å². The maximum atomic E-state index is 12.7. The highest BCUT2D eigenvalue weighted by molar-refractivity contribution is 5.96. The van der Waals surface area contributed by atoms with E-state index in [9.17, 15) is 14.9 Å². The van der Waals surface area contributed by atoms with E-state index in [2.05, 4.69) is 10.6 Å². The highest BCUT2D eigenvalue weighted by Crippen LogP contribution is 2.26. The molecule has 0 radical (unpaired) electrons. The van der Waals surface area contributed by atoms with Crippen LogP contribution in [0.4, 0.5) is 11.4 Å². The molecule has 0 fully saturated rings. The van der Waals surface area contributed by atoms with Gasteiger partial charge in [0.15, 0.2) is 0 Å². The van der Waals surface area contributed by atoms with Gasteiger partial charge in [0, 0.05) is 25.3 Å². The van der Waals surface area contributed by atoms with Crippen LogP contribution in [0.3, 0.4) is 0 Å². The van der Waals surface area contributed by atoms with E-state index < -0.39 is 4.92 Å². The van der Waals surface area contributed by atoms with Crippen LogP contribution in [0.15, 0.2) is 48.5 Å². The highest BCUT2D eigenvalue weighted by atomic mass is 16.6. The van der Waals surface area contributed by atoms with Crippen molar-refractivity contribution in [3.05, 3.63) is 69.8 Å². The van der Waals surface area contributed by atoms with Crippen LogP contribution in [-0.2, 0) is 4.74 Å². The first-order valence-corrected chi connectivity index (χ1v) is 8.93. The van der Waals surface area contributed by atoms with Crippen molar-refractivity contribution in [2.75, 3.05) is 25.6 Å². The smallest absolute Gasteiger partial charge is 0.293 e. The first-order chi connectivity index (χ1) is 13.1. The van der Waals surface area contributed by atoms with Gasteiger partial charge in [-0.05, 0) is 24.1 Å². The molecule has 1 atom stereocenters. The van der Waals surface area contributed by atoms with E-state index in [4.69, 9.17) is 4.74 Å². The van der Waals surface area contributed by atoms with E-state index in [-0.39, 0.29) is 23.2 Å². The van der Waals surface area contributed by atoms with Crippen molar-refractivity contribution in [2.24, 2.45) is 0 Å². The van der Waals surface area contributed by atoms with E-state index in [0.29, 0.717) is 18.8 Å². The molecule has 0 saturated carbocycles. The summed E-state index contributed by atoms with van der Waals surface area (Å²) in [6.07, 6.45) is 1.69. The quantitative estimate of drug-likeness (QED) is 0.375. The van der Waals surface area contributed by atoms with E-state index in [0.717, 1.165) is 18.4 Å². The minimum absolute atomic E-state index is 0.134. The summed E-state index contributed by atoms with van der Waals surface area (Å²) in [6, 6.07) is 14.0. The molecule has 7 heteroatoms. The maximum absolute atomic E-state index is 12.7. The van der Waals surface area contributed by atoms with Gasteiger partial charge < -0.3 is 15.4 Å². The molecular formula is C20H25N3O4. The monoisotopic (exact) mass is 371 g/mol. The SMILES string of the molecule is CCCC(NC(=O)c1ccc(NCCOC)c([N+](=O)[O-])c1)c1ccccc1. The summed E-state index contributed by atoms with van der Waals surface area (Å²) in [5, 5.41) is 17.3. The number of ether oxygens (including phenoxy) is 1. The first-order valence-electron chi connectivity index (χ1n) is 8.93. The molecule has 2 aromatic carbocycles. The second-order valence-electron chi connectivity index (χ2n) is 6.13. The topological polar surface area (TPSA) is 93.5 Å². The molecule has 0 saturated heterocycles. The summed E-state index contributed by atoms with van der Waals surface area (Å²) in [7, 11) is 1.56. The predicted octanol–water partition coefficient (Wildman–Crippen LogP) is 3.92. The van der Waals surface area contributed by atoms with Gasteiger partial charge >= 0.3 is 0 Å². The number of anilines is 1. The van der Waals surface area contributed by atoms with Gasteiger partial charge in [-0.15, -0.1) is 0 Å². The molecule has 7 nitrogen and oxygen atoms in total. The minimum Gasteiger partial charge on any atom is -0.383 e. The third-order valence-corrected chi connectivity index (χ3v) is 4.16. The fourth-order valence-corrected chi connectivity index (χ4v) is 2.80. The number of methoxy groups -OCH3 is 1. The highest BCUT2D eigenvalue weighted by Gasteiger charge is 2.20. The number of benzene rings is 2. The fraction of sp³-hybridized carbons (Fsp3) is 0.350. The minimum atomic E-state index is -0.493. The Morgan fingerprint density at radius 3 is 2.59 bits per heavy atom. The molecule has 27 heavy (non-hydrogen) atoms. The molecule has 1 amide bonds. The molecule has 0 aliphatic heterocycles. The summed E-state index contributed by atoms with van der Waals surface area (Å²) in [4.78, 5) is 23.6. The van der Waals surface area contributed by atoms with Crippen LogP contribution in [0.5, 0.6) is 0 Å². The molecule has 2 rings (SSSR count). The van der Waals surface area contributed by atoms with Crippen LogP contribution in [-0.4, -0.2) is 31.1 Å². The van der Waals surface area contributed by atoms with Gasteiger partial charge in [0.1, 0.15) is 5.69 Å². The van der Waals surface area contributed by atoms with Crippen molar-refractivity contribution >= 4 is 17.3 Å². The van der Waals surface area contributed by atoms with Crippen molar-refractivity contribution in [2.45, 2.75) is 25.8 Å². The van der Waals surface area contributed by atoms with Crippen molar-refractivity contribution in [1.29, 1.82) is 0 Å². The average Bonchev–Trinajstić information content (AvgIpc) is 2.68. The molecule has 0 aliphatic carbocycles. The Hall–Kier alpha value is -2.93. The lowest BCUT2D eigenvalue weighted by atomic mass is 10.0. The number of nitro benzene ring substituents is 1. The number of hydrogen-bond donors (Lipinski definition) is 2. The van der Waals surface area contributed by atoms with Gasteiger partial charge in [-0.2, -0.15) is 0 Å². The average molecular weight is 371 g/mol. The Morgan fingerprint density at radius 2 is 1.96 bits per heavy atom. The zero-order valence-corrected chi connectivity index (χ0v) is 15.6. The van der Waals surface area contributed by atoms with Crippen LogP contribution in [0.25, 0.3) is 0 Å². The van der Waals surface area contributed by atoms with Gasteiger partial charge in [0.2, 0.25) is 0 Å². The molecule has 2 aromatic rings. The van der Waals surface area contributed by atoms with E-state index >= 15 is 0 Å². The normalized spacial score (nSPS) is 11.6. The lowest BCUT2D eigenvalue weighted by Crippen LogP contribution is -2.28. The van der Waals surface area contributed by atoms with Crippen LogP contribution < -0.4 is 10.6 Å². The summed E-state index contributed by atoms with van der Waals surface area (Å²) < 4.78 is 4.94. The third-order valence-electron chi connectivity index (χ3n) is 4.16. The van der Waals surface area contributed by atoms with Crippen molar-refractivity contribution < 1.29 is 14.5 Å². The van der Waals surface area contributed by atoms with Gasteiger partial charge in [-0.3, -0.25) is 14.9 Å². The van der Waals surface area contributed by atoms with Gasteiger partial charge in [0.05, 0.1) is 17.6 Å². The van der Waals surface area contributed by atoms with Gasteiger partial charge in [-0.1, -0.05) is 43.7 Å². The van der Waals surface area contributed by atoms with E-state index in [1.807, 2.05) is 37.3 Å². The Labute approximate surface area is 158 Å². The largest absolute Gasteiger partial charge is 0.383 e. The molecule has 0 spiro atoms. The number of amides is 1. The third kappa shape index (κ3) is 5.79. The van der Waals surface area contributed by atoms with Crippen LogP contribution in [0.2, 0.25) is 0 Å². The van der Waals surface area contributed by atoms with Crippen LogP contribution >= 0.6 is 0 Å². The second-order valence-corrected chi connectivity index (χ2v) is 6.13. The molecule has 0 bridgehead atoms. The molecule has 1 unspecified atom stereocenters. The van der Waals surface area contributed by atoms with Crippen molar-refractivity contribution in [1.82, 2.24) is 5.32 Å². The maximum Gasteiger partial charge on any atom is 0.293 e. The van der Waals surface area contributed by atoms with Gasteiger partial charge in [0.25, 0.3) is 11.6 Å². The number of nitrogens with zero attached hydrogens (tertiary/aromatic N) is 1. The number of nitro groups is 1. The van der Waals surface area contributed by atoms with E-state index in [1.165, 1.54) is 6.07 Å². The fourth-order valence-electron chi connectivity index (χ4n) is 2.80. The van der Waals surface area contributed by atoms with Crippen LogP contribution in [0, 0.1) is 10.1 Å². The van der Waals surface area contributed by atoms with Gasteiger partial charge in [-0.25, -0.2) is 0 Å². The number of hydrogen-bond acceptors (Lipinski definition) is 5. The molecule has 144 valence electrons. The summed E-state index contributed by atoms with van der Waals surface area (Å²) in [5.41, 5.74) is 1.50. The Kier molecular flexibility index (Phi) is 7.76. The standard InChI is InChI=1S/C20H25N3O4/c1-3-7-17(15-8-5-4-6-9-15)22-20(24)16-10-11-18(21-12-13-27-2)19(14-16)23(25)26/h4-6,8-11,14,17,21H,3,7,12-13H2,1-2H3,(H,22,24). The Morgan fingerprint density at radius 1 is 1.22 bits per heavy atom. The molecule has 0 aliphatic rings. The summed E-state index contributed by atoms with van der Waals surface area (Å²) >= 11 is 0. The Bertz CT molecular complexity index is 765. The number of carbonyl (C=O) groups excluding carboxylic acids is 1.